The van der Waals surface area contributed by atoms with Gasteiger partial charge in [-0.2, -0.15) is 0 Å². The predicted octanol–water partition coefficient (Wildman–Crippen LogP) is -0.0830. The largest absolute Gasteiger partial charge is 0.389 e. The van der Waals surface area contributed by atoms with Crippen LogP contribution in [0.1, 0.15) is 19.3 Å². The second-order valence-electron chi connectivity index (χ2n) is 2.60. The van der Waals surface area contributed by atoms with Gasteiger partial charge in [0.1, 0.15) is 12.4 Å². The van der Waals surface area contributed by atoms with Crippen LogP contribution in [-0.2, 0) is 9.59 Å². The Morgan fingerprint density at radius 2 is 2.40 bits per heavy atom. The number of Topliss-reactive ketones (excluding diaryl/α,β-unsaturated/α-hetero) is 2. The summed E-state index contributed by atoms with van der Waals surface area (Å²) in [5.74, 6) is -0.227. The molecular weight excluding hydrogens is 132 g/mol. The minimum absolute atomic E-state index is 0.145. The van der Waals surface area contributed by atoms with Crippen molar-refractivity contribution < 1.29 is 14.7 Å². The van der Waals surface area contributed by atoms with Crippen molar-refractivity contribution in [3.63, 3.8) is 0 Å². The van der Waals surface area contributed by atoms with Crippen LogP contribution >= 0.6 is 0 Å². The van der Waals surface area contributed by atoms with Crippen molar-refractivity contribution in [1.82, 2.24) is 0 Å². The number of ketones is 2. The maximum atomic E-state index is 10.8. The van der Waals surface area contributed by atoms with Crippen molar-refractivity contribution in [2.45, 2.75) is 19.3 Å². The summed E-state index contributed by atoms with van der Waals surface area (Å²) >= 11 is 0. The maximum absolute atomic E-state index is 10.8. The van der Waals surface area contributed by atoms with E-state index in [4.69, 9.17) is 5.11 Å². The molecule has 1 N–H and O–H groups in total. The highest BCUT2D eigenvalue weighted by Gasteiger charge is 2.26. The van der Waals surface area contributed by atoms with Gasteiger partial charge in [0, 0.05) is 18.8 Å². The smallest absolute Gasteiger partial charge is 0.161 e. The topological polar surface area (TPSA) is 54.4 Å². The van der Waals surface area contributed by atoms with Crippen molar-refractivity contribution in [2.24, 2.45) is 5.92 Å². The molecule has 3 nitrogen and oxygen atoms in total. The zero-order valence-corrected chi connectivity index (χ0v) is 5.67. The van der Waals surface area contributed by atoms with Crippen molar-refractivity contribution >= 4 is 11.6 Å². The van der Waals surface area contributed by atoms with E-state index in [-0.39, 0.29) is 17.5 Å². The van der Waals surface area contributed by atoms with E-state index < -0.39 is 6.61 Å². The molecule has 0 amide bonds. The zero-order valence-electron chi connectivity index (χ0n) is 5.67. The van der Waals surface area contributed by atoms with Crippen molar-refractivity contribution in [1.29, 1.82) is 0 Å². The molecule has 0 unspecified atom stereocenters. The van der Waals surface area contributed by atoms with Gasteiger partial charge in [-0.15, -0.1) is 0 Å². The fourth-order valence-corrected chi connectivity index (χ4v) is 1.22. The Labute approximate surface area is 59.0 Å². The van der Waals surface area contributed by atoms with Gasteiger partial charge in [-0.3, -0.25) is 9.59 Å². The molecule has 1 aliphatic rings. The van der Waals surface area contributed by atoms with Crippen molar-refractivity contribution in [3.05, 3.63) is 0 Å². The number of hydrogen-bond acceptors (Lipinski definition) is 3. The van der Waals surface area contributed by atoms with Gasteiger partial charge >= 0.3 is 0 Å². The van der Waals surface area contributed by atoms with Crippen molar-refractivity contribution in [2.75, 3.05) is 6.61 Å². The molecule has 0 aromatic carbocycles. The van der Waals surface area contributed by atoms with Gasteiger partial charge in [0.2, 0.25) is 0 Å². The average Bonchev–Trinajstić information content (AvgIpc) is 2.34. The van der Waals surface area contributed by atoms with Gasteiger partial charge in [-0.1, -0.05) is 0 Å². The zero-order chi connectivity index (χ0) is 7.56. The van der Waals surface area contributed by atoms with Crippen LogP contribution in [0.15, 0.2) is 0 Å². The number of aliphatic hydroxyl groups is 1. The van der Waals surface area contributed by atoms with Gasteiger partial charge in [0.15, 0.2) is 5.78 Å². The first-order chi connectivity index (χ1) is 4.74. The lowest BCUT2D eigenvalue weighted by Crippen LogP contribution is -2.14. The molecule has 0 aliphatic heterocycles. The maximum Gasteiger partial charge on any atom is 0.161 e. The third kappa shape index (κ3) is 1.42. The van der Waals surface area contributed by atoms with E-state index >= 15 is 0 Å². The third-order valence-electron chi connectivity index (χ3n) is 1.86. The average molecular weight is 142 g/mol. The molecule has 0 spiro atoms. The molecule has 3 heteroatoms. The molecule has 0 heterocycles. The van der Waals surface area contributed by atoms with Gasteiger partial charge in [0.25, 0.3) is 0 Å². The lowest BCUT2D eigenvalue weighted by Gasteiger charge is -2.01. The summed E-state index contributed by atoms with van der Waals surface area (Å²) in [6.07, 6.45) is 1.49. The molecule has 0 aromatic rings. The second-order valence-corrected chi connectivity index (χ2v) is 2.60. The molecule has 1 atom stereocenters. The summed E-state index contributed by atoms with van der Waals surface area (Å²) in [7, 11) is 0. The first-order valence-corrected chi connectivity index (χ1v) is 3.39. The van der Waals surface area contributed by atoms with E-state index in [1.807, 2.05) is 0 Å². The minimum Gasteiger partial charge on any atom is -0.389 e. The lowest BCUT2D eigenvalue weighted by atomic mass is 10.0. The second kappa shape index (κ2) is 2.92. The molecule has 1 rings (SSSR count). The molecule has 56 valence electrons. The number of carbonyl (C=O) groups excluding carboxylic acids is 2. The number of carbonyl (C=O) groups is 2. The monoisotopic (exact) mass is 142 g/mol. The van der Waals surface area contributed by atoms with Gasteiger partial charge in [0.05, 0.1) is 0 Å². The Balaban J connectivity index is 2.44. The van der Waals surface area contributed by atoms with Crippen LogP contribution in [0.5, 0.6) is 0 Å². The summed E-state index contributed by atoms with van der Waals surface area (Å²) in [6.45, 7) is -0.419. The molecule has 0 saturated heterocycles. The van der Waals surface area contributed by atoms with Crippen molar-refractivity contribution in [3.8, 4) is 0 Å². The van der Waals surface area contributed by atoms with Crippen LogP contribution in [-0.4, -0.2) is 23.3 Å². The SMILES string of the molecule is O=C1CC[C@@H](C(=O)CO)C1. The standard InChI is InChI=1S/C7H10O3/c8-4-7(10)5-1-2-6(9)3-5/h5,8H,1-4H2/t5-/m1/s1. The number of rotatable bonds is 2. The summed E-state index contributed by atoms with van der Waals surface area (Å²) in [6, 6.07) is 0. The molecule has 0 bridgehead atoms. The molecular formula is C7H10O3. The van der Waals surface area contributed by atoms with E-state index in [0.29, 0.717) is 19.3 Å². The summed E-state index contributed by atoms with van der Waals surface area (Å²) in [4.78, 5) is 21.4. The fraction of sp³-hybridized carbons (Fsp3) is 0.714. The lowest BCUT2D eigenvalue weighted by molar-refractivity contribution is -0.127. The van der Waals surface area contributed by atoms with E-state index in [9.17, 15) is 9.59 Å². The van der Waals surface area contributed by atoms with E-state index in [1.54, 1.807) is 0 Å². The fourth-order valence-electron chi connectivity index (χ4n) is 1.22. The molecule has 10 heavy (non-hydrogen) atoms. The normalized spacial score (nSPS) is 25.3. The van der Waals surface area contributed by atoms with Crippen LogP contribution in [0.4, 0.5) is 0 Å². The van der Waals surface area contributed by atoms with E-state index in [1.165, 1.54) is 0 Å². The first-order valence-electron chi connectivity index (χ1n) is 3.39. The van der Waals surface area contributed by atoms with E-state index in [2.05, 4.69) is 0 Å². The Morgan fingerprint density at radius 3 is 2.80 bits per heavy atom. The van der Waals surface area contributed by atoms with Crippen LogP contribution in [0.25, 0.3) is 0 Å². The summed E-state index contributed by atoms with van der Waals surface area (Å²) in [5, 5.41) is 8.42. The number of hydrogen-bond donors (Lipinski definition) is 1. The van der Waals surface area contributed by atoms with Crippen LogP contribution in [0.2, 0.25) is 0 Å². The Morgan fingerprint density at radius 1 is 1.70 bits per heavy atom. The summed E-state index contributed by atoms with van der Waals surface area (Å²) < 4.78 is 0. The molecule has 1 fully saturated rings. The Kier molecular flexibility index (Phi) is 2.17. The highest BCUT2D eigenvalue weighted by Crippen LogP contribution is 2.22. The minimum atomic E-state index is -0.419. The van der Waals surface area contributed by atoms with E-state index in [0.717, 1.165) is 0 Å². The molecule has 0 radical (unpaired) electrons. The van der Waals surface area contributed by atoms with Crippen LogP contribution < -0.4 is 0 Å². The first kappa shape index (κ1) is 7.41. The summed E-state index contributed by atoms with van der Waals surface area (Å²) in [5.41, 5.74) is 0. The Hall–Kier alpha value is -0.700. The molecule has 0 aromatic heterocycles. The highest BCUT2D eigenvalue weighted by atomic mass is 16.3. The predicted molar refractivity (Wildman–Crippen MR) is 34.4 cm³/mol. The van der Waals surface area contributed by atoms with Crippen LogP contribution in [0.3, 0.4) is 0 Å². The van der Waals surface area contributed by atoms with Crippen LogP contribution in [0, 0.1) is 5.92 Å². The quantitative estimate of drug-likeness (QED) is 0.586. The molecule has 1 saturated carbocycles. The molecule has 1 aliphatic carbocycles. The Bertz CT molecular complexity index is 162. The van der Waals surface area contributed by atoms with Gasteiger partial charge < -0.3 is 5.11 Å². The van der Waals surface area contributed by atoms with Gasteiger partial charge in [-0.25, -0.2) is 0 Å². The highest BCUT2D eigenvalue weighted by molar-refractivity contribution is 5.91. The third-order valence-corrected chi connectivity index (χ3v) is 1.86. The number of aliphatic hydroxyl groups excluding tert-OH is 1. The van der Waals surface area contributed by atoms with Gasteiger partial charge in [-0.05, 0) is 6.42 Å².